The Morgan fingerprint density at radius 2 is 2.17 bits per heavy atom. The predicted octanol–water partition coefficient (Wildman–Crippen LogP) is 0.181. The van der Waals surface area contributed by atoms with Gasteiger partial charge in [-0.1, -0.05) is 0 Å². The standard InChI is InChI=1S/C6H14ClNO3S/c1-11-5-6-12(9,10)8-4-2-3-7/h8H,2-6H2,1H3. The molecule has 0 aromatic carbocycles. The van der Waals surface area contributed by atoms with Crippen LogP contribution in [0.3, 0.4) is 0 Å². The van der Waals surface area contributed by atoms with E-state index in [4.69, 9.17) is 11.6 Å². The summed E-state index contributed by atoms with van der Waals surface area (Å²) in [5.41, 5.74) is 0. The van der Waals surface area contributed by atoms with Gasteiger partial charge in [-0.25, -0.2) is 13.1 Å². The molecular weight excluding hydrogens is 202 g/mol. The molecule has 0 atom stereocenters. The zero-order chi connectivity index (χ0) is 9.45. The minimum absolute atomic E-state index is 0.00574. The second-order valence-electron chi connectivity index (χ2n) is 2.25. The lowest BCUT2D eigenvalue weighted by atomic mass is 10.5. The summed E-state index contributed by atoms with van der Waals surface area (Å²) in [6, 6.07) is 0. The molecule has 0 fully saturated rings. The van der Waals surface area contributed by atoms with Gasteiger partial charge in [0.05, 0.1) is 12.4 Å². The van der Waals surface area contributed by atoms with Crippen molar-refractivity contribution in [3.8, 4) is 0 Å². The highest BCUT2D eigenvalue weighted by Gasteiger charge is 2.07. The molecular formula is C6H14ClNO3S. The van der Waals surface area contributed by atoms with Crippen molar-refractivity contribution in [1.29, 1.82) is 0 Å². The van der Waals surface area contributed by atoms with E-state index in [1.54, 1.807) is 0 Å². The number of ether oxygens (including phenoxy) is 1. The van der Waals surface area contributed by atoms with Gasteiger partial charge in [-0.15, -0.1) is 11.6 Å². The monoisotopic (exact) mass is 215 g/mol. The van der Waals surface area contributed by atoms with Crippen molar-refractivity contribution in [3.63, 3.8) is 0 Å². The van der Waals surface area contributed by atoms with Crippen molar-refractivity contribution in [1.82, 2.24) is 4.72 Å². The van der Waals surface area contributed by atoms with Gasteiger partial charge in [-0.2, -0.15) is 0 Å². The molecule has 4 nitrogen and oxygen atoms in total. The molecule has 0 saturated heterocycles. The third kappa shape index (κ3) is 6.84. The lowest BCUT2D eigenvalue weighted by molar-refractivity contribution is 0.217. The van der Waals surface area contributed by atoms with Crippen molar-refractivity contribution in [3.05, 3.63) is 0 Å². The molecule has 0 aromatic rings. The van der Waals surface area contributed by atoms with Gasteiger partial charge in [-0.05, 0) is 6.42 Å². The predicted molar refractivity (Wildman–Crippen MR) is 49.0 cm³/mol. The van der Waals surface area contributed by atoms with Gasteiger partial charge in [0.25, 0.3) is 0 Å². The summed E-state index contributed by atoms with van der Waals surface area (Å²) in [6.07, 6.45) is 0.647. The van der Waals surface area contributed by atoms with Gasteiger partial charge in [-0.3, -0.25) is 0 Å². The SMILES string of the molecule is COCCS(=O)(=O)NCCCCl. The van der Waals surface area contributed by atoms with Crippen LogP contribution >= 0.6 is 11.6 Å². The van der Waals surface area contributed by atoms with Gasteiger partial charge in [0.1, 0.15) is 0 Å². The molecule has 74 valence electrons. The number of nitrogens with one attached hydrogen (secondary N) is 1. The van der Waals surface area contributed by atoms with Crippen LogP contribution in [0.15, 0.2) is 0 Å². The van der Waals surface area contributed by atoms with Gasteiger partial charge in [0.2, 0.25) is 10.0 Å². The molecule has 6 heteroatoms. The molecule has 0 radical (unpaired) electrons. The highest BCUT2D eigenvalue weighted by atomic mass is 35.5. The second kappa shape index (κ2) is 6.65. The fourth-order valence-electron chi connectivity index (χ4n) is 0.560. The zero-order valence-corrected chi connectivity index (χ0v) is 8.62. The first-order chi connectivity index (χ1) is 5.62. The van der Waals surface area contributed by atoms with E-state index < -0.39 is 10.0 Å². The molecule has 0 aromatic heterocycles. The molecule has 0 amide bonds. The molecule has 0 saturated carbocycles. The largest absolute Gasteiger partial charge is 0.384 e. The first kappa shape index (κ1) is 12.2. The summed E-state index contributed by atoms with van der Waals surface area (Å²) < 4.78 is 29.1. The highest BCUT2D eigenvalue weighted by Crippen LogP contribution is 1.87. The lowest BCUT2D eigenvalue weighted by Gasteiger charge is -2.04. The van der Waals surface area contributed by atoms with E-state index in [2.05, 4.69) is 9.46 Å². The zero-order valence-electron chi connectivity index (χ0n) is 7.05. The van der Waals surface area contributed by atoms with Gasteiger partial charge in [0, 0.05) is 19.5 Å². The lowest BCUT2D eigenvalue weighted by Crippen LogP contribution is -2.29. The minimum atomic E-state index is -3.15. The molecule has 0 aliphatic carbocycles. The second-order valence-corrected chi connectivity index (χ2v) is 4.55. The normalized spacial score (nSPS) is 11.8. The van der Waals surface area contributed by atoms with Crippen LogP contribution in [0.25, 0.3) is 0 Å². The number of hydrogen-bond acceptors (Lipinski definition) is 3. The van der Waals surface area contributed by atoms with Gasteiger partial charge < -0.3 is 4.74 Å². The van der Waals surface area contributed by atoms with E-state index in [9.17, 15) is 8.42 Å². The number of hydrogen-bond donors (Lipinski definition) is 1. The van der Waals surface area contributed by atoms with Crippen molar-refractivity contribution < 1.29 is 13.2 Å². The summed E-state index contributed by atoms with van der Waals surface area (Å²) in [7, 11) is -1.68. The number of halogens is 1. The van der Waals surface area contributed by atoms with E-state index in [-0.39, 0.29) is 12.4 Å². The fraction of sp³-hybridized carbons (Fsp3) is 1.00. The summed E-state index contributed by atoms with van der Waals surface area (Å²) >= 11 is 5.38. The van der Waals surface area contributed by atoms with E-state index in [0.717, 1.165) is 0 Å². The smallest absolute Gasteiger partial charge is 0.213 e. The van der Waals surface area contributed by atoms with Crippen LogP contribution in [0.5, 0.6) is 0 Å². The quantitative estimate of drug-likeness (QED) is 0.487. The van der Waals surface area contributed by atoms with E-state index >= 15 is 0 Å². The van der Waals surface area contributed by atoms with E-state index in [1.807, 2.05) is 0 Å². The van der Waals surface area contributed by atoms with Crippen molar-refractivity contribution in [2.75, 3.05) is 31.9 Å². The van der Waals surface area contributed by atoms with Crippen molar-refractivity contribution in [2.45, 2.75) is 6.42 Å². The maximum atomic E-state index is 11.0. The average molecular weight is 216 g/mol. The molecule has 0 rings (SSSR count). The maximum absolute atomic E-state index is 11.0. The Kier molecular flexibility index (Phi) is 6.74. The molecule has 0 bridgehead atoms. The number of rotatable bonds is 7. The van der Waals surface area contributed by atoms with E-state index in [1.165, 1.54) is 7.11 Å². The Bertz CT molecular complexity index is 193. The maximum Gasteiger partial charge on any atom is 0.213 e. The first-order valence-corrected chi connectivity index (χ1v) is 5.83. The van der Waals surface area contributed by atoms with Gasteiger partial charge >= 0.3 is 0 Å². The summed E-state index contributed by atoms with van der Waals surface area (Å²) in [5, 5.41) is 0. The van der Waals surface area contributed by atoms with Crippen LogP contribution in [0.2, 0.25) is 0 Å². The van der Waals surface area contributed by atoms with Crippen LogP contribution in [0.4, 0.5) is 0 Å². The summed E-state index contributed by atoms with van der Waals surface area (Å²) in [6.45, 7) is 0.617. The topological polar surface area (TPSA) is 55.4 Å². The molecule has 1 N–H and O–H groups in total. The minimum Gasteiger partial charge on any atom is -0.384 e. The Labute approximate surface area is 78.3 Å². The average Bonchev–Trinajstić information content (AvgIpc) is 2.01. The summed E-state index contributed by atoms with van der Waals surface area (Å²) in [4.78, 5) is 0. The Hall–Kier alpha value is 0.160. The Balaban J connectivity index is 3.58. The van der Waals surface area contributed by atoms with Crippen LogP contribution in [0, 0.1) is 0 Å². The van der Waals surface area contributed by atoms with Crippen molar-refractivity contribution >= 4 is 21.6 Å². The fourth-order valence-corrected chi connectivity index (χ4v) is 1.68. The van der Waals surface area contributed by atoms with Crippen LogP contribution in [0.1, 0.15) is 6.42 Å². The third-order valence-corrected chi connectivity index (χ3v) is 2.80. The molecule has 0 aliphatic heterocycles. The van der Waals surface area contributed by atoms with Crippen LogP contribution in [-0.4, -0.2) is 40.3 Å². The molecule has 0 spiro atoms. The van der Waals surface area contributed by atoms with Gasteiger partial charge in [0.15, 0.2) is 0 Å². The molecule has 0 heterocycles. The first-order valence-electron chi connectivity index (χ1n) is 3.64. The highest BCUT2D eigenvalue weighted by molar-refractivity contribution is 7.89. The molecule has 0 aliphatic rings. The van der Waals surface area contributed by atoms with Crippen LogP contribution < -0.4 is 4.72 Å². The van der Waals surface area contributed by atoms with E-state index in [0.29, 0.717) is 18.8 Å². The molecule has 0 unspecified atom stereocenters. The number of methoxy groups -OCH3 is 1. The third-order valence-electron chi connectivity index (χ3n) is 1.19. The number of alkyl halides is 1. The number of sulfonamides is 1. The van der Waals surface area contributed by atoms with Crippen molar-refractivity contribution in [2.24, 2.45) is 0 Å². The summed E-state index contributed by atoms with van der Waals surface area (Å²) in [5.74, 6) is 0.471. The Morgan fingerprint density at radius 3 is 2.67 bits per heavy atom. The van der Waals surface area contributed by atoms with Crippen LogP contribution in [-0.2, 0) is 14.8 Å². The Morgan fingerprint density at radius 1 is 1.50 bits per heavy atom. The molecule has 12 heavy (non-hydrogen) atoms.